The largest absolute Gasteiger partial charge is 0.278 e. The fourth-order valence-corrected chi connectivity index (χ4v) is 6.65. The zero-order chi connectivity index (χ0) is 25.3. The van der Waals surface area contributed by atoms with Crippen LogP contribution in [0.4, 0.5) is 9.52 Å². The van der Waals surface area contributed by atoms with E-state index in [9.17, 15) is 17.6 Å². The molecule has 186 valence electrons. The summed E-state index contributed by atoms with van der Waals surface area (Å²) < 4.78 is 42.6. The van der Waals surface area contributed by atoms with Gasteiger partial charge in [0.2, 0.25) is 10.0 Å². The Morgan fingerprint density at radius 1 is 1.08 bits per heavy atom. The lowest BCUT2D eigenvalue weighted by atomic mass is 10.0. The highest BCUT2D eigenvalue weighted by Gasteiger charge is 2.29. The van der Waals surface area contributed by atoms with Gasteiger partial charge in [0.05, 0.1) is 21.8 Å². The molecule has 2 aromatic carbocycles. The third-order valence-corrected chi connectivity index (χ3v) is 9.32. The van der Waals surface area contributed by atoms with E-state index in [-0.39, 0.29) is 22.9 Å². The molecule has 2 aromatic heterocycles. The number of amides is 1. The van der Waals surface area contributed by atoms with Gasteiger partial charge in [-0.3, -0.25) is 14.7 Å². The van der Waals surface area contributed by atoms with E-state index >= 15 is 0 Å². The van der Waals surface area contributed by atoms with Crippen molar-refractivity contribution in [2.24, 2.45) is 5.92 Å². The molecule has 3 heterocycles. The van der Waals surface area contributed by atoms with Gasteiger partial charge in [-0.15, -0.1) is 0 Å². The molecule has 1 amide bonds. The number of carbonyl (C=O) groups excluding carboxylic acids is 1. The highest BCUT2D eigenvalue weighted by molar-refractivity contribution is 7.89. The second kappa shape index (κ2) is 10.0. The maximum atomic E-state index is 14.3. The molecular formula is C26H25FN4O3S2. The molecule has 10 heteroatoms. The van der Waals surface area contributed by atoms with Crippen LogP contribution in [-0.4, -0.2) is 41.7 Å². The van der Waals surface area contributed by atoms with Crippen LogP contribution in [-0.2, 0) is 16.6 Å². The van der Waals surface area contributed by atoms with E-state index in [1.54, 1.807) is 30.5 Å². The molecule has 5 rings (SSSR count). The van der Waals surface area contributed by atoms with E-state index < -0.39 is 15.8 Å². The molecule has 0 bridgehead atoms. The van der Waals surface area contributed by atoms with Gasteiger partial charge in [-0.2, -0.15) is 4.31 Å². The quantitative estimate of drug-likeness (QED) is 0.351. The van der Waals surface area contributed by atoms with Crippen LogP contribution in [0.3, 0.4) is 0 Å². The van der Waals surface area contributed by atoms with Crippen LogP contribution in [0.2, 0.25) is 0 Å². The predicted octanol–water partition coefficient (Wildman–Crippen LogP) is 5.10. The molecule has 0 aliphatic carbocycles. The third kappa shape index (κ3) is 4.88. The summed E-state index contributed by atoms with van der Waals surface area (Å²) in [6.07, 6.45) is 3.30. The van der Waals surface area contributed by atoms with Gasteiger partial charge in [-0.25, -0.2) is 17.8 Å². The highest BCUT2D eigenvalue weighted by Crippen LogP contribution is 2.32. The van der Waals surface area contributed by atoms with E-state index in [0.29, 0.717) is 40.1 Å². The summed E-state index contributed by atoms with van der Waals surface area (Å²) in [7, 11) is -3.62. The number of hydrogen-bond donors (Lipinski definition) is 0. The third-order valence-electron chi connectivity index (χ3n) is 6.36. The average Bonchev–Trinajstić information content (AvgIpc) is 3.33. The fraction of sp³-hybridized carbons (Fsp3) is 0.269. The monoisotopic (exact) mass is 524 g/mol. The summed E-state index contributed by atoms with van der Waals surface area (Å²) >= 11 is 1.21. The number of para-hydroxylation sites is 1. The first kappa shape index (κ1) is 24.5. The number of pyridine rings is 1. The molecule has 7 nitrogen and oxygen atoms in total. The smallest absolute Gasteiger partial charge is 0.260 e. The van der Waals surface area contributed by atoms with Crippen molar-refractivity contribution in [3.8, 4) is 0 Å². The summed E-state index contributed by atoms with van der Waals surface area (Å²) in [5, 5.41) is 0.338. The van der Waals surface area contributed by atoms with Gasteiger partial charge in [0.1, 0.15) is 11.3 Å². The Labute approximate surface area is 213 Å². The molecule has 0 N–H and O–H groups in total. The SMILES string of the molecule is CC1CCN(S(=O)(=O)c2ccc(C(=O)N(Cc3ccccn3)c3nc4c(F)cccc4s3)cc2)CC1. The van der Waals surface area contributed by atoms with Crippen molar-refractivity contribution in [3.63, 3.8) is 0 Å². The summed E-state index contributed by atoms with van der Waals surface area (Å²) in [5.41, 5.74) is 1.15. The molecule has 1 fully saturated rings. The summed E-state index contributed by atoms with van der Waals surface area (Å²) in [6.45, 7) is 3.25. The van der Waals surface area contributed by atoms with Crippen molar-refractivity contribution < 1.29 is 17.6 Å². The zero-order valence-corrected chi connectivity index (χ0v) is 21.3. The standard InChI is InChI=1S/C26H25FN4O3S2/c1-18-12-15-30(16-13-18)36(33,34)21-10-8-19(9-11-21)25(32)31(17-20-5-2-3-14-28-20)26-29-24-22(27)6-4-7-23(24)35-26/h2-11,14,18H,12-13,15-17H2,1H3. The minimum absolute atomic E-state index is 0.132. The lowest BCUT2D eigenvalue weighted by Crippen LogP contribution is -2.37. The number of piperidine rings is 1. The van der Waals surface area contributed by atoms with Gasteiger partial charge >= 0.3 is 0 Å². The molecule has 4 aromatic rings. The highest BCUT2D eigenvalue weighted by atomic mass is 32.2. The predicted molar refractivity (Wildman–Crippen MR) is 138 cm³/mol. The lowest BCUT2D eigenvalue weighted by Gasteiger charge is -2.29. The first-order valence-corrected chi connectivity index (χ1v) is 14.0. The van der Waals surface area contributed by atoms with Gasteiger partial charge in [0, 0.05) is 24.8 Å². The number of benzene rings is 2. The van der Waals surface area contributed by atoms with Crippen molar-refractivity contribution >= 4 is 42.6 Å². The first-order valence-electron chi connectivity index (χ1n) is 11.7. The Balaban J connectivity index is 1.45. The van der Waals surface area contributed by atoms with E-state index in [0.717, 1.165) is 12.8 Å². The summed E-state index contributed by atoms with van der Waals surface area (Å²) in [6, 6.07) is 16.1. The van der Waals surface area contributed by atoms with Gasteiger partial charge < -0.3 is 0 Å². The molecule has 36 heavy (non-hydrogen) atoms. The van der Waals surface area contributed by atoms with Gasteiger partial charge in [0.15, 0.2) is 5.13 Å². The molecule has 0 radical (unpaired) electrons. The van der Waals surface area contributed by atoms with Crippen molar-refractivity contribution in [2.45, 2.75) is 31.2 Å². The van der Waals surface area contributed by atoms with Crippen LogP contribution in [0, 0.1) is 11.7 Å². The van der Waals surface area contributed by atoms with Crippen LogP contribution in [0.5, 0.6) is 0 Å². The average molecular weight is 525 g/mol. The first-order chi connectivity index (χ1) is 17.3. The minimum atomic E-state index is -3.62. The van der Waals surface area contributed by atoms with Crippen LogP contribution < -0.4 is 4.90 Å². The van der Waals surface area contributed by atoms with Crippen LogP contribution in [0.1, 0.15) is 35.8 Å². The maximum Gasteiger partial charge on any atom is 0.260 e. The van der Waals surface area contributed by atoms with E-state index in [2.05, 4.69) is 16.9 Å². The maximum absolute atomic E-state index is 14.3. The second-order valence-corrected chi connectivity index (χ2v) is 11.9. The molecule has 0 spiro atoms. The Hall–Kier alpha value is -3.21. The Kier molecular flexibility index (Phi) is 6.83. The number of hydrogen-bond acceptors (Lipinski definition) is 6. The van der Waals surface area contributed by atoms with Gasteiger partial charge in [-0.1, -0.05) is 30.4 Å². The number of rotatable bonds is 6. The molecule has 1 aliphatic heterocycles. The number of anilines is 1. The number of aromatic nitrogens is 2. The van der Waals surface area contributed by atoms with Crippen LogP contribution in [0.25, 0.3) is 10.2 Å². The molecule has 0 unspecified atom stereocenters. The van der Waals surface area contributed by atoms with Crippen LogP contribution >= 0.6 is 11.3 Å². The number of nitrogens with zero attached hydrogens (tertiary/aromatic N) is 4. The number of carbonyl (C=O) groups is 1. The minimum Gasteiger partial charge on any atom is -0.278 e. The van der Waals surface area contributed by atoms with Crippen LogP contribution in [0.15, 0.2) is 71.8 Å². The van der Waals surface area contributed by atoms with Gasteiger partial charge in [0.25, 0.3) is 5.91 Å². The Morgan fingerprint density at radius 2 is 1.83 bits per heavy atom. The lowest BCUT2D eigenvalue weighted by molar-refractivity contribution is 0.0984. The van der Waals surface area contributed by atoms with Gasteiger partial charge in [-0.05, 0) is 67.3 Å². The Bertz CT molecular complexity index is 1480. The summed E-state index contributed by atoms with van der Waals surface area (Å²) in [5.74, 6) is -0.324. The number of fused-ring (bicyclic) bond motifs is 1. The number of halogens is 1. The zero-order valence-electron chi connectivity index (χ0n) is 19.7. The van der Waals surface area contributed by atoms with E-state index in [4.69, 9.17) is 0 Å². The van der Waals surface area contributed by atoms with Crippen molar-refractivity contribution in [1.29, 1.82) is 0 Å². The Morgan fingerprint density at radius 3 is 2.50 bits per heavy atom. The van der Waals surface area contributed by atoms with Crippen molar-refractivity contribution in [1.82, 2.24) is 14.3 Å². The molecule has 1 saturated heterocycles. The molecule has 1 aliphatic rings. The number of sulfonamides is 1. The van der Waals surface area contributed by atoms with E-state index in [1.165, 1.54) is 50.9 Å². The topological polar surface area (TPSA) is 83.5 Å². The normalized spacial score (nSPS) is 15.3. The fourth-order valence-electron chi connectivity index (χ4n) is 4.20. The number of thiazole rings is 1. The van der Waals surface area contributed by atoms with E-state index in [1.807, 2.05) is 6.07 Å². The van der Waals surface area contributed by atoms with Crippen molar-refractivity contribution in [3.05, 3.63) is 83.9 Å². The summed E-state index contributed by atoms with van der Waals surface area (Å²) in [4.78, 5) is 23.9. The molecular weight excluding hydrogens is 499 g/mol. The second-order valence-electron chi connectivity index (χ2n) is 8.91. The van der Waals surface area contributed by atoms with Crippen molar-refractivity contribution in [2.75, 3.05) is 18.0 Å². The molecule has 0 atom stereocenters. The molecule has 0 saturated carbocycles.